The van der Waals surface area contributed by atoms with Crippen molar-refractivity contribution in [3.8, 4) is 5.75 Å². The highest BCUT2D eigenvalue weighted by Gasteiger charge is 2.28. The fourth-order valence-electron chi connectivity index (χ4n) is 2.97. The van der Waals surface area contributed by atoms with Crippen LogP contribution in [0.4, 0.5) is 4.39 Å². The van der Waals surface area contributed by atoms with Gasteiger partial charge in [0.2, 0.25) is 5.76 Å². The molecular weight excluding hydrogens is 447 g/mol. The zero-order chi connectivity index (χ0) is 26.0. The van der Waals surface area contributed by atoms with Crippen LogP contribution in [-0.4, -0.2) is 50.9 Å². The van der Waals surface area contributed by atoms with Crippen molar-refractivity contribution >= 4 is 24.6 Å². The molecule has 0 spiro atoms. The molecule has 1 rings (SSSR count). The van der Waals surface area contributed by atoms with Gasteiger partial charge < -0.3 is 24.3 Å². The highest BCUT2D eigenvalue weighted by molar-refractivity contribution is 5.97. The SMILES string of the molecule is C=N/C(C(=O)N[C@@H](C)C(=O)O[C@H](C)[C@H](C)c1ccc(F)cc1OC)=C(OC(C)=O)\C(=C/C)OC. The fourth-order valence-corrected chi connectivity index (χ4v) is 2.97. The van der Waals surface area contributed by atoms with Crippen molar-refractivity contribution in [1.82, 2.24) is 5.32 Å². The molecule has 0 heterocycles. The van der Waals surface area contributed by atoms with Crippen molar-refractivity contribution in [2.24, 2.45) is 4.99 Å². The zero-order valence-corrected chi connectivity index (χ0v) is 20.4. The molecule has 10 heteroatoms. The number of allylic oxidation sites excluding steroid dienone is 1. The predicted octanol–water partition coefficient (Wildman–Crippen LogP) is 3.40. The number of ether oxygens (including phenoxy) is 4. The van der Waals surface area contributed by atoms with E-state index < -0.39 is 35.8 Å². The van der Waals surface area contributed by atoms with E-state index in [1.165, 1.54) is 39.4 Å². The molecule has 0 aliphatic carbocycles. The number of benzene rings is 1. The maximum Gasteiger partial charge on any atom is 0.328 e. The van der Waals surface area contributed by atoms with E-state index in [9.17, 15) is 18.8 Å². The molecule has 0 unspecified atom stereocenters. The summed E-state index contributed by atoms with van der Waals surface area (Å²) in [6.45, 7) is 11.0. The summed E-state index contributed by atoms with van der Waals surface area (Å²) in [5, 5.41) is 2.45. The van der Waals surface area contributed by atoms with Crippen molar-refractivity contribution in [3.63, 3.8) is 0 Å². The monoisotopic (exact) mass is 478 g/mol. The first-order valence-electron chi connectivity index (χ1n) is 10.4. The van der Waals surface area contributed by atoms with E-state index in [1.54, 1.807) is 26.8 Å². The molecule has 3 atom stereocenters. The summed E-state index contributed by atoms with van der Waals surface area (Å²) in [6, 6.07) is 3.02. The number of nitrogens with one attached hydrogen (secondary N) is 1. The Morgan fingerprint density at radius 1 is 1.18 bits per heavy atom. The Hall–Kier alpha value is -3.69. The van der Waals surface area contributed by atoms with Crippen LogP contribution < -0.4 is 10.1 Å². The van der Waals surface area contributed by atoms with Crippen LogP contribution in [0.2, 0.25) is 0 Å². The molecule has 34 heavy (non-hydrogen) atoms. The molecule has 9 nitrogen and oxygen atoms in total. The average molecular weight is 479 g/mol. The summed E-state index contributed by atoms with van der Waals surface area (Å²) in [4.78, 5) is 40.5. The largest absolute Gasteiger partial charge is 0.496 e. The molecule has 0 saturated carbocycles. The van der Waals surface area contributed by atoms with E-state index in [2.05, 4.69) is 17.0 Å². The summed E-state index contributed by atoms with van der Waals surface area (Å²) in [6.07, 6.45) is 0.847. The lowest BCUT2D eigenvalue weighted by Gasteiger charge is -2.24. The van der Waals surface area contributed by atoms with Gasteiger partial charge in [0, 0.05) is 24.5 Å². The third kappa shape index (κ3) is 7.43. The average Bonchev–Trinajstić information content (AvgIpc) is 2.79. The number of carbonyl (C=O) groups excluding carboxylic acids is 3. The van der Waals surface area contributed by atoms with Crippen molar-refractivity contribution in [1.29, 1.82) is 0 Å². The van der Waals surface area contributed by atoms with E-state index in [1.807, 2.05) is 0 Å². The van der Waals surface area contributed by atoms with Crippen LogP contribution in [0.15, 0.2) is 46.5 Å². The minimum Gasteiger partial charge on any atom is -0.496 e. The number of methoxy groups -OCH3 is 2. The number of amides is 1. The van der Waals surface area contributed by atoms with Crippen LogP contribution >= 0.6 is 0 Å². The second-order valence-electron chi connectivity index (χ2n) is 7.30. The van der Waals surface area contributed by atoms with Gasteiger partial charge in [-0.2, -0.15) is 0 Å². The lowest BCUT2D eigenvalue weighted by atomic mass is 9.95. The Bertz CT molecular complexity index is 988. The number of aliphatic imine (C=N–C) groups is 1. The van der Waals surface area contributed by atoms with Crippen molar-refractivity contribution in [2.75, 3.05) is 14.2 Å². The molecule has 186 valence electrons. The molecule has 1 N–H and O–H groups in total. The van der Waals surface area contributed by atoms with Gasteiger partial charge in [0.15, 0.2) is 11.5 Å². The molecule has 0 aromatic heterocycles. The molecule has 1 aromatic carbocycles. The Kier molecular flexibility index (Phi) is 10.9. The van der Waals surface area contributed by atoms with Gasteiger partial charge in [-0.05, 0) is 39.6 Å². The Morgan fingerprint density at radius 3 is 2.32 bits per heavy atom. The minimum absolute atomic E-state index is 0.0821. The summed E-state index contributed by atoms with van der Waals surface area (Å²) < 4.78 is 34.4. The number of esters is 2. The molecule has 1 aromatic rings. The van der Waals surface area contributed by atoms with Crippen LogP contribution in [0.1, 0.15) is 46.1 Å². The molecule has 0 radical (unpaired) electrons. The molecule has 0 bridgehead atoms. The van der Waals surface area contributed by atoms with Crippen molar-refractivity contribution in [3.05, 3.63) is 52.9 Å². The van der Waals surface area contributed by atoms with Gasteiger partial charge in [0.05, 0.1) is 14.2 Å². The summed E-state index contributed by atoms with van der Waals surface area (Å²) in [5.41, 5.74) is 0.314. The molecule has 0 aliphatic rings. The Morgan fingerprint density at radius 2 is 1.82 bits per heavy atom. The molecular formula is C24H31FN2O7. The molecule has 0 saturated heterocycles. The zero-order valence-electron chi connectivity index (χ0n) is 20.4. The van der Waals surface area contributed by atoms with E-state index >= 15 is 0 Å². The normalized spacial score (nSPS) is 14.6. The Balaban J connectivity index is 3.02. The number of halogens is 1. The number of hydrogen-bond donors (Lipinski definition) is 1. The number of hydrogen-bond acceptors (Lipinski definition) is 8. The Labute approximate surface area is 198 Å². The third-order valence-electron chi connectivity index (χ3n) is 4.93. The van der Waals surface area contributed by atoms with E-state index in [0.29, 0.717) is 11.3 Å². The van der Waals surface area contributed by atoms with Gasteiger partial charge >= 0.3 is 11.9 Å². The van der Waals surface area contributed by atoms with E-state index in [4.69, 9.17) is 18.9 Å². The molecule has 0 aliphatic heterocycles. The predicted molar refractivity (Wildman–Crippen MR) is 124 cm³/mol. The number of nitrogens with zero attached hydrogens (tertiary/aromatic N) is 1. The first-order chi connectivity index (χ1) is 16.0. The second kappa shape index (κ2) is 13.1. The van der Waals surface area contributed by atoms with Gasteiger partial charge in [0.1, 0.15) is 23.7 Å². The smallest absolute Gasteiger partial charge is 0.328 e. The molecule has 1 amide bonds. The van der Waals surface area contributed by atoms with Crippen LogP contribution in [0, 0.1) is 5.82 Å². The fraction of sp³-hybridized carbons (Fsp3) is 0.417. The maximum atomic E-state index is 13.5. The lowest BCUT2D eigenvalue weighted by molar-refractivity contribution is -0.152. The quantitative estimate of drug-likeness (QED) is 0.171. The summed E-state index contributed by atoms with van der Waals surface area (Å²) in [7, 11) is 2.75. The van der Waals surface area contributed by atoms with Crippen molar-refractivity contribution in [2.45, 2.75) is 52.7 Å². The van der Waals surface area contributed by atoms with E-state index in [-0.39, 0.29) is 23.1 Å². The van der Waals surface area contributed by atoms with Gasteiger partial charge in [-0.15, -0.1) is 0 Å². The van der Waals surface area contributed by atoms with Crippen LogP contribution in [-0.2, 0) is 28.6 Å². The minimum atomic E-state index is -1.08. The number of rotatable bonds is 11. The first kappa shape index (κ1) is 28.3. The standard InChI is InChI=1S/C24H31FN2O7/c1-9-19(31-7)22(34-16(5)28)21(26-6)23(29)27-14(3)24(30)33-15(4)13(2)18-11-10-17(25)12-20(18)32-8/h9-15H,6H2,1-5,7-8H3,(H,27,29)/b19-9+,22-21+/t13-,14-,15+/m0/s1. The second-order valence-corrected chi connectivity index (χ2v) is 7.30. The van der Waals surface area contributed by atoms with Crippen LogP contribution in [0.5, 0.6) is 5.75 Å². The van der Waals surface area contributed by atoms with Gasteiger partial charge in [0.25, 0.3) is 5.91 Å². The third-order valence-corrected chi connectivity index (χ3v) is 4.93. The van der Waals surface area contributed by atoms with E-state index in [0.717, 1.165) is 6.92 Å². The number of carbonyl (C=O) groups is 3. The summed E-state index contributed by atoms with van der Waals surface area (Å²) in [5.74, 6) is -2.85. The topological polar surface area (TPSA) is 113 Å². The maximum absolute atomic E-state index is 13.5. The van der Waals surface area contributed by atoms with Crippen LogP contribution in [0.3, 0.4) is 0 Å². The highest BCUT2D eigenvalue weighted by atomic mass is 19.1. The lowest BCUT2D eigenvalue weighted by Crippen LogP contribution is -2.42. The molecule has 0 fully saturated rings. The van der Waals surface area contributed by atoms with Gasteiger partial charge in [-0.25, -0.2) is 9.18 Å². The van der Waals surface area contributed by atoms with Crippen molar-refractivity contribution < 1.29 is 37.7 Å². The summed E-state index contributed by atoms with van der Waals surface area (Å²) >= 11 is 0. The van der Waals surface area contributed by atoms with Gasteiger partial charge in [-0.1, -0.05) is 13.0 Å². The first-order valence-corrected chi connectivity index (χ1v) is 10.4. The highest BCUT2D eigenvalue weighted by Crippen LogP contribution is 2.30. The van der Waals surface area contributed by atoms with Crippen LogP contribution in [0.25, 0.3) is 0 Å². The van der Waals surface area contributed by atoms with Gasteiger partial charge in [-0.3, -0.25) is 14.6 Å².